The summed E-state index contributed by atoms with van der Waals surface area (Å²) in [4.78, 5) is 14.7. The Labute approximate surface area is 148 Å². The maximum atomic E-state index is 13.1. The number of carbonyl (C=O) groups is 1. The zero-order valence-corrected chi connectivity index (χ0v) is 15.3. The molecule has 3 nitrogen and oxygen atoms in total. The number of ether oxygens (including phenoxy) is 1. The molecule has 0 saturated heterocycles. The standard InChI is InChI=1S/C19H30F3NO2/c1-3-25-16-12-15(18(16)9-4-5-10-18)23(2)17(24)13-7-6-8-14(11-13)19(20,21)22/h13-16H,3-12H2,1-2H3/t13-,14+,15+,16-/m1/s1. The largest absolute Gasteiger partial charge is 0.391 e. The smallest absolute Gasteiger partial charge is 0.378 e. The SMILES string of the molecule is CCO[C@@H]1C[C@H](N(C)C(=O)[C@@H]2CCC[C@H](C(F)(F)F)C2)C12CCCC2. The van der Waals surface area contributed by atoms with Crippen molar-refractivity contribution in [3.63, 3.8) is 0 Å². The van der Waals surface area contributed by atoms with Gasteiger partial charge in [0.25, 0.3) is 0 Å². The molecule has 0 aromatic carbocycles. The fraction of sp³-hybridized carbons (Fsp3) is 0.947. The number of amides is 1. The molecule has 3 saturated carbocycles. The first kappa shape index (κ1) is 19.0. The van der Waals surface area contributed by atoms with Crippen LogP contribution in [0.4, 0.5) is 13.2 Å². The van der Waals surface area contributed by atoms with Crippen LogP contribution in [0.2, 0.25) is 0 Å². The van der Waals surface area contributed by atoms with Crippen LogP contribution in [0.5, 0.6) is 0 Å². The lowest BCUT2D eigenvalue weighted by molar-refractivity contribution is -0.191. The second-order valence-corrected chi connectivity index (χ2v) is 8.19. The Kier molecular flexibility index (Phi) is 5.38. The van der Waals surface area contributed by atoms with Crippen LogP contribution < -0.4 is 0 Å². The summed E-state index contributed by atoms with van der Waals surface area (Å²) >= 11 is 0. The number of halogens is 3. The first-order chi connectivity index (χ1) is 11.8. The van der Waals surface area contributed by atoms with E-state index in [9.17, 15) is 18.0 Å². The van der Waals surface area contributed by atoms with Gasteiger partial charge in [0.15, 0.2) is 0 Å². The molecule has 0 N–H and O–H groups in total. The van der Waals surface area contributed by atoms with E-state index in [0.717, 1.165) is 32.1 Å². The van der Waals surface area contributed by atoms with Crippen LogP contribution in [0.25, 0.3) is 0 Å². The van der Waals surface area contributed by atoms with Gasteiger partial charge in [-0.2, -0.15) is 13.2 Å². The first-order valence-corrected chi connectivity index (χ1v) is 9.74. The lowest BCUT2D eigenvalue weighted by atomic mass is 9.59. The topological polar surface area (TPSA) is 29.5 Å². The molecule has 0 heterocycles. The molecule has 0 radical (unpaired) electrons. The Morgan fingerprint density at radius 3 is 2.44 bits per heavy atom. The average Bonchev–Trinajstić information content (AvgIpc) is 3.09. The molecule has 0 bridgehead atoms. The minimum atomic E-state index is -4.18. The van der Waals surface area contributed by atoms with Gasteiger partial charge in [0.1, 0.15) is 0 Å². The van der Waals surface area contributed by atoms with Crippen LogP contribution in [0, 0.1) is 17.3 Å². The predicted molar refractivity (Wildman–Crippen MR) is 89.0 cm³/mol. The molecule has 0 aromatic rings. The van der Waals surface area contributed by atoms with Gasteiger partial charge >= 0.3 is 6.18 Å². The molecule has 1 spiro atoms. The molecule has 3 aliphatic rings. The maximum Gasteiger partial charge on any atom is 0.391 e. The van der Waals surface area contributed by atoms with Gasteiger partial charge in [0.2, 0.25) is 5.91 Å². The van der Waals surface area contributed by atoms with Gasteiger partial charge in [-0.3, -0.25) is 4.79 Å². The highest BCUT2D eigenvalue weighted by Gasteiger charge is 2.59. The molecule has 0 aromatic heterocycles. The van der Waals surface area contributed by atoms with E-state index in [-0.39, 0.29) is 36.3 Å². The summed E-state index contributed by atoms with van der Waals surface area (Å²) in [6.07, 6.45) is 2.49. The fourth-order valence-corrected chi connectivity index (χ4v) is 5.55. The summed E-state index contributed by atoms with van der Waals surface area (Å²) in [6, 6.07) is 0.130. The summed E-state index contributed by atoms with van der Waals surface area (Å²) < 4.78 is 45.0. The minimum Gasteiger partial charge on any atom is -0.378 e. The van der Waals surface area contributed by atoms with Crippen molar-refractivity contribution in [1.82, 2.24) is 4.90 Å². The Bertz CT molecular complexity index is 488. The van der Waals surface area contributed by atoms with Crippen LogP contribution in [0.15, 0.2) is 0 Å². The van der Waals surface area contributed by atoms with Crippen molar-refractivity contribution in [2.24, 2.45) is 17.3 Å². The summed E-state index contributed by atoms with van der Waals surface area (Å²) in [5, 5.41) is 0. The zero-order chi connectivity index (χ0) is 18.2. The molecule has 25 heavy (non-hydrogen) atoms. The highest BCUT2D eigenvalue weighted by molar-refractivity contribution is 5.79. The number of nitrogens with zero attached hydrogens (tertiary/aromatic N) is 1. The third-order valence-corrected chi connectivity index (χ3v) is 6.95. The molecule has 4 atom stereocenters. The zero-order valence-electron chi connectivity index (χ0n) is 15.3. The van der Waals surface area contributed by atoms with E-state index >= 15 is 0 Å². The van der Waals surface area contributed by atoms with Gasteiger partial charge in [0, 0.05) is 31.0 Å². The quantitative estimate of drug-likeness (QED) is 0.735. The summed E-state index contributed by atoms with van der Waals surface area (Å²) in [7, 11) is 1.80. The summed E-state index contributed by atoms with van der Waals surface area (Å²) in [6.45, 7) is 2.66. The van der Waals surface area contributed by atoms with Gasteiger partial charge in [-0.15, -0.1) is 0 Å². The summed E-state index contributed by atoms with van der Waals surface area (Å²) in [5.74, 6) is -1.88. The molecule has 3 rings (SSSR count). The third-order valence-electron chi connectivity index (χ3n) is 6.95. The minimum absolute atomic E-state index is 0.0402. The normalized spacial score (nSPS) is 34.8. The average molecular weight is 361 g/mol. The molecular formula is C19H30F3NO2. The van der Waals surface area contributed by atoms with Gasteiger partial charge in [-0.05, 0) is 45.4 Å². The van der Waals surface area contributed by atoms with Crippen molar-refractivity contribution in [2.45, 2.75) is 83.0 Å². The van der Waals surface area contributed by atoms with Crippen molar-refractivity contribution >= 4 is 5.91 Å². The highest BCUT2D eigenvalue weighted by Crippen LogP contribution is 2.56. The van der Waals surface area contributed by atoms with E-state index < -0.39 is 18.0 Å². The maximum absolute atomic E-state index is 13.1. The van der Waals surface area contributed by atoms with Crippen LogP contribution in [-0.2, 0) is 9.53 Å². The van der Waals surface area contributed by atoms with Crippen molar-refractivity contribution < 1.29 is 22.7 Å². The van der Waals surface area contributed by atoms with E-state index in [0.29, 0.717) is 19.4 Å². The van der Waals surface area contributed by atoms with E-state index in [2.05, 4.69) is 0 Å². The Morgan fingerprint density at radius 1 is 1.16 bits per heavy atom. The van der Waals surface area contributed by atoms with Crippen LogP contribution >= 0.6 is 0 Å². The number of rotatable bonds is 4. The molecule has 6 heteroatoms. The number of carbonyl (C=O) groups excluding carboxylic acids is 1. The van der Waals surface area contributed by atoms with Crippen LogP contribution in [0.1, 0.15) is 64.7 Å². The van der Waals surface area contributed by atoms with Crippen molar-refractivity contribution in [1.29, 1.82) is 0 Å². The van der Waals surface area contributed by atoms with Gasteiger partial charge in [-0.1, -0.05) is 19.3 Å². The fourth-order valence-electron chi connectivity index (χ4n) is 5.55. The number of hydrogen-bond acceptors (Lipinski definition) is 2. The third kappa shape index (κ3) is 3.43. The predicted octanol–water partition coefficient (Wildman–Crippen LogP) is 4.55. The first-order valence-electron chi connectivity index (χ1n) is 9.74. The lowest BCUT2D eigenvalue weighted by Gasteiger charge is -2.57. The monoisotopic (exact) mass is 361 g/mol. The van der Waals surface area contributed by atoms with Gasteiger partial charge in [-0.25, -0.2) is 0 Å². The lowest BCUT2D eigenvalue weighted by Crippen LogP contribution is -2.64. The van der Waals surface area contributed by atoms with E-state index in [1.807, 2.05) is 6.92 Å². The molecular weight excluding hydrogens is 331 g/mol. The van der Waals surface area contributed by atoms with Gasteiger partial charge < -0.3 is 9.64 Å². The van der Waals surface area contributed by atoms with Crippen LogP contribution in [-0.4, -0.2) is 42.8 Å². The Morgan fingerprint density at radius 2 is 1.84 bits per heavy atom. The van der Waals surface area contributed by atoms with E-state index in [1.54, 1.807) is 11.9 Å². The van der Waals surface area contributed by atoms with E-state index in [4.69, 9.17) is 4.74 Å². The molecule has 0 unspecified atom stereocenters. The number of hydrogen-bond donors (Lipinski definition) is 0. The Hall–Kier alpha value is -0.780. The second-order valence-electron chi connectivity index (χ2n) is 8.19. The van der Waals surface area contributed by atoms with Crippen molar-refractivity contribution in [2.75, 3.05) is 13.7 Å². The molecule has 1 amide bonds. The van der Waals surface area contributed by atoms with E-state index in [1.165, 1.54) is 0 Å². The highest BCUT2D eigenvalue weighted by atomic mass is 19.4. The van der Waals surface area contributed by atoms with Gasteiger partial charge in [0.05, 0.1) is 12.0 Å². The van der Waals surface area contributed by atoms with Crippen LogP contribution in [0.3, 0.4) is 0 Å². The second kappa shape index (κ2) is 7.09. The van der Waals surface area contributed by atoms with Crippen molar-refractivity contribution in [3.05, 3.63) is 0 Å². The molecule has 0 aliphatic heterocycles. The number of alkyl halides is 3. The molecule has 3 aliphatic carbocycles. The molecule has 3 fully saturated rings. The Balaban J connectivity index is 1.66. The summed E-state index contributed by atoms with van der Waals surface area (Å²) in [5.41, 5.74) is 0.0402. The van der Waals surface area contributed by atoms with Crippen molar-refractivity contribution in [3.8, 4) is 0 Å². The molecule has 144 valence electrons.